The van der Waals surface area contributed by atoms with Crippen LogP contribution in [0.4, 0.5) is 0 Å². The molecule has 2 bridgehead atoms. The minimum Gasteiger partial charge on any atom is -0.299 e. The Labute approximate surface area is 128 Å². The van der Waals surface area contributed by atoms with Crippen molar-refractivity contribution in [1.29, 1.82) is 0 Å². The highest BCUT2D eigenvalue weighted by Crippen LogP contribution is 2.25. The van der Waals surface area contributed by atoms with Crippen molar-refractivity contribution in [2.75, 3.05) is 32.7 Å². The van der Waals surface area contributed by atoms with E-state index in [1.54, 1.807) is 0 Å². The van der Waals surface area contributed by atoms with E-state index in [0.717, 1.165) is 36.2 Å². The number of piperazine rings is 3. The van der Waals surface area contributed by atoms with E-state index >= 15 is 0 Å². The largest absolute Gasteiger partial charge is 0.299 e. The number of nitrogens with one attached hydrogen (secondary N) is 1. The third-order valence-corrected chi connectivity index (χ3v) is 5.71. The number of hydrogen-bond donors (Lipinski definition) is 2. The highest BCUT2D eigenvalue weighted by atomic mass is 79.9. The van der Waals surface area contributed by atoms with Crippen LogP contribution in [0.2, 0.25) is 0 Å². The Bertz CT molecular complexity index is 479. The molecule has 3 aliphatic rings. The monoisotopic (exact) mass is 342 g/mol. The van der Waals surface area contributed by atoms with Crippen molar-refractivity contribution >= 4 is 15.9 Å². The molecule has 0 aromatic carbocycles. The number of halogens is 1. The summed E-state index contributed by atoms with van der Waals surface area (Å²) in [7, 11) is 2.00. The van der Waals surface area contributed by atoms with Gasteiger partial charge in [-0.1, -0.05) is 0 Å². The smallest absolute Gasteiger partial charge is 0.0738 e. The van der Waals surface area contributed by atoms with E-state index in [2.05, 4.69) is 36.3 Å². The Hall–Kier alpha value is -0.470. The summed E-state index contributed by atoms with van der Waals surface area (Å²) in [6.45, 7) is 7.85. The molecule has 4 heterocycles. The highest BCUT2D eigenvalue weighted by molar-refractivity contribution is 9.10. The number of rotatable bonds is 4. The minimum atomic E-state index is 0.254. The van der Waals surface area contributed by atoms with Gasteiger partial charge >= 0.3 is 0 Å². The van der Waals surface area contributed by atoms with E-state index in [1.165, 1.54) is 18.8 Å². The van der Waals surface area contributed by atoms with Crippen molar-refractivity contribution in [2.24, 2.45) is 12.9 Å². The molecule has 20 heavy (non-hydrogen) atoms. The maximum absolute atomic E-state index is 5.85. The second-order valence-electron chi connectivity index (χ2n) is 5.85. The lowest BCUT2D eigenvalue weighted by Gasteiger charge is -2.50. The van der Waals surface area contributed by atoms with Crippen LogP contribution in [-0.4, -0.2) is 64.4 Å². The van der Waals surface area contributed by atoms with Gasteiger partial charge in [0.15, 0.2) is 0 Å². The van der Waals surface area contributed by atoms with Crippen molar-refractivity contribution < 1.29 is 0 Å². The van der Waals surface area contributed by atoms with Crippen LogP contribution in [0.5, 0.6) is 0 Å². The van der Waals surface area contributed by atoms with Gasteiger partial charge in [0.2, 0.25) is 0 Å². The van der Waals surface area contributed by atoms with Crippen LogP contribution in [0.25, 0.3) is 0 Å². The molecule has 7 heteroatoms. The van der Waals surface area contributed by atoms with Crippen molar-refractivity contribution in [2.45, 2.75) is 25.4 Å². The van der Waals surface area contributed by atoms with Gasteiger partial charge in [-0.25, -0.2) is 0 Å². The molecule has 2 atom stereocenters. The Morgan fingerprint density at radius 2 is 2.10 bits per heavy atom. The minimum absolute atomic E-state index is 0.254. The predicted molar refractivity (Wildman–Crippen MR) is 82.3 cm³/mol. The van der Waals surface area contributed by atoms with E-state index in [1.807, 2.05) is 18.7 Å². The van der Waals surface area contributed by atoms with E-state index in [0.29, 0.717) is 6.04 Å². The quantitative estimate of drug-likeness (QED) is 0.589. The van der Waals surface area contributed by atoms with Crippen LogP contribution >= 0.6 is 15.9 Å². The zero-order valence-electron chi connectivity index (χ0n) is 12.1. The normalized spacial score (nSPS) is 30.7. The maximum Gasteiger partial charge on any atom is 0.0738 e. The third-order valence-electron chi connectivity index (χ3n) is 4.67. The lowest BCUT2D eigenvalue weighted by atomic mass is 9.96. The molecule has 6 nitrogen and oxygen atoms in total. The number of aryl methyl sites for hydroxylation is 2. The first-order valence-corrected chi connectivity index (χ1v) is 8.00. The second-order valence-corrected chi connectivity index (χ2v) is 6.64. The second kappa shape index (κ2) is 5.73. The fourth-order valence-electron chi connectivity index (χ4n) is 3.46. The summed E-state index contributed by atoms with van der Waals surface area (Å²) in [4.78, 5) is 5.11. The van der Waals surface area contributed by atoms with Gasteiger partial charge in [0.05, 0.1) is 15.9 Å². The van der Waals surface area contributed by atoms with Crippen LogP contribution in [-0.2, 0) is 13.5 Å². The summed E-state index contributed by atoms with van der Waals surface area (Å²) in [6, 6.07) is 0.744. The first kappa shape index (κ1) is 14.5. The zero-order chi connectivity index (χ0) is 14.3. The van der Waals surface area contributed by atoms with Crippen LogP contribution in [0.15, 0.2) is 4.47 Å². The summed E-state index contributed by atoms with van der Waals surface area (Å²) in [5, 5.41) is 4.47. The molecule has 0 radical (unpaired) electrons. The van der Waals surface area contributed by atoms with Crippen molar-refractivity contribution in [3.63, 3.8) is 0 Å². The van der Waals surface area contributed by atoms with Gasteiger partial charge in [0.1, 0.15) is 0 Å². The van der Waals surface area contributed by atoms with Crippen molar-refractivity contribution in [3.05, 3.63) is 15.9 Å². The topological polar surface area (TPSA) is 62.4 Å². The molecular formula is C13H23BrN6. The molecule has 0 amide bonds. The summed E-state index contributed by atoms with van der Waals surface area (Å²) in [5.74, 6) is 5.85. The SMILES string of the molecule is Cc1nn(C)c(CC(NN)C2CN3CCN2CC3)c1Br. The van der Waals surface area contributed by atoms with Gasteiger partial charge in [-0.15, -0.1) is 0 Å². The molecule has 2 unspecified atom stereocenters. The number of hydrogen-bond acceptors (Lipinski definition) is 5. The molecule has 3 saturated heterocycles. The first-order valence-electron chi connectivity index (χ1n) is 7.20. The average Bonchev–Trinajstić information content (AvgIpc) is 2.71. The fourth-order valence-corrected chi connectivity index (χ4v) is 3.95. The molecule has 0 spiro atoms. The van der Waals surface area contributed by atoms with E-state index in [4.69, 9.17) is 5.84 Å². The van der Waals surface area contributed by atoms with Gasteiger partial charge < -0.3 is 0 Å². The molecule has 4 rings (SSSR count). The van der Waals surface area contributed by atoms with Crippen LogP contribution in [0.1, 0.15) is 11.4 Å². The molecule has 3 N–H and O–H groups in total. The Morgan fingerprint density at radius 1 is 1.40 bits per heavy atom. The van der Waals surface area contributed by atoms with Crippen molar-refractivity contribution in [1.82, 2.24) is 25.0 Å². The third kappa shape index (κ3) is 2.53. The van der Waals surface area contributed by atoms with Crippen LogP contribution < -0.4 is 11.3 Å². The predicted octanol–water partition coefficient (Wildman–Crippen LogP) is -0.135. The average molecular weight is 343 g/mol. The van der Waals surface area contributed by atoms with Crippen LogP contribution in [0, 0.1) is 6.92 Å². The van der Waals surface area contributed by atoms with Crippen molar-refractivity contribution in [3.8, 4) is 0 Å². The molecule has 3 fully saturated rings. The lowest BCUT2D eigenvalue weighted by molar-refractivity contribution is -0.00341. The molecule has 3 aliphatic heterocycles. The van der Waals surface area contributed by atoms with Gasteiger partial charge in [-0.3, -0.25) is 25.8 Å². The van der Waals surface area contributed by atoms with Gasteiger partial charge in [-0.2, -0.15) is 5.10 Å². The number of nitrogens with two attached hydrogens (primary N) is 1. The Morgan fingerprint density at radius 3 is 2.55 bits per heavy atom. The van der Waals surface area contributed by atoms with E-state index in [9.17, 15) is 0 Å². The summed E-state index contributed by atoms with van der Waals surface area (Å²) in [6.07, 6.45) is 0.892. The molecule has 112 valence electrons. The molecular weight excluding hydrogens is 320 g/mol. The molecule has 1 aromatic rings. The summed E-state index contributed by atoms with van der Waals surface area (Å²) >= 11 is 3.65. The van der Waals surface area contributed by atoms with E-state index in [-0.39, 0.29) is 6.04 Å². The van der Waals surface area contributed by atoms with E-state index < -0.39 is 0 Å². The number of nitrogens with zero attached hydrogens (tertiary/aromatic N) is 4. The van der Waals surface area contributed by atoms with Gasteiger partial charge in [-0.05, 0) is 22.9 Å². The maximum atomic E-state index is 5.85. The Balaban J connectivity index is 1.77. The summed E-state index contributed by atoms with van der Waals surface area (Å²) < 4.78 is 3.07. The Kier molecular flexibility index (Phi) is 4.14. The molecule has 0 saturated carbocycles. The van der Waals surface area contributed by atoms with Gasteiger partial charge in [0.25, 0.3) is 0 Å². The highest BCUT2D eigenvalue weighted by Gasteiger charge is 2.37. The number of aromatic nitrogens is 2. The first-order chi connectivity index (χ1) is 9.60. The summed E-state index contributed by atoms with van der Waals surface area (Å²) in [5.41, 5.74) is 5.28. The van der Waals surface area contributed by atoms with Crippen LogP contribution in [0.3, 0.4) is 0 Å². The number of hydrazine groups is 1. The lowest BCUT2D eigenvalue weighted by Crippen LogP contribution is -2.67. The standard InChI is InChI=1S/C13H23BrN6/c1-9-13(14)11(18(2)17-9)7-10(16-15)12-8-19-3-5-20(12)6-4-19/h10,12,16H,3-8,15H2,1-2H3. The fraction of sp³-hybridized carbons (Fsp3) is 0.769. The molecule has 1 aromatic heterocycles. The molecule has 0 aliphatic carbocycles. The zero-order valence-corrected chi connectivity index (χ0v) is 13.7. The number of fused-ring (bicyclic) bond motifs is 3. The van der Waals surface area contributed by atoms with Gasteiger partial charge in [0, 0.05) is 58.3 Å².